The Hall–Kier alpha value is -1.43. The molecule has 3 heteroatoms. The lowest BCUT2D eigenvalue weighted by molar-refractivity contribution is -0.137. The average Bonchev–Trinajstić information content (AvgIpc) is 3.00. The Morgan fingerprint density at radius 2 is 2.27 bits per heavy atom. The molecule has 1 rings (SSSR count). The van der Waals surface area contributed by atoms with Crippen molar-refractivity contribution in [3.63, 3.8) is 0 Å². The molecule has 3 nitrogen and oxygen atoms in total. The maximum absolute atomic E-state index is 11.2. The molecule has 0 saturated heterocycles. The maximum Gasteiger partial charge on any atom is 0.334 e. The van der Waals surface area contributed by atoms with Crippen LogP contribution in [0.1, 0.15) is 26.2 Å². The molecule has 0 atom stereocenters. The van der Waals surface area contributed by atoms with Crippen LogP contribution < -0.4 is 0 Å². The van der Waals surface area contributed by atoms with Gasteiger partial charge in [0.2, 0.25) is 0 Å². The molecule has 0 aromatic rings. The summed E-state index contributed by atoms with van der Waals surface area (Å²) in [5, 5.41) is 0. The fourth-order valence-electron chi connectivity index (χ4n) is 1.17. The molecule has 0 heterocycles. The third-order valence-corrected chi connectivity index (χ3v) is 2.04. The van der Waals surface area contributed by atoms with Crippen LogP contribution >= 0.6 is 0 Å². The molecule has 0 spiro atoms. The van der Waals surface area contributed by atoms with E-state index in [4.69, 9.17) is 15.9 Å². The van der Waals surface area contributed by atoms with Crippen LogP contribution in [0.15, 0.2) is 11.8 Å². The van der Waals surface area contributed by atoms with Crippen LogP contribution in [0.25, 0.3) is 0 Å². The number of hydrogen-bond donors (Lipinski definition) is 0. The van der Waals surface area contributed by atoms with Gasteiger partial charge in [-0.2, -0.15) is 0 Å². The largest absolute Gasteiger partial charge is 0.496 e. The van der Waals surface area contributed by atoms with E-state index >= 15 is 0 Å². The summed E-state index contributed by atoms with van der Waals surface area (Å²) < 4.78 is 10.3. The molecule has 82 valence electrons. The molecule has 0 aliphatic heterocycles. The minimum Gasteiger partial charge on any atom is -0.496 e. The predicted molar refractivity (Wildman–Crippen MR) is 56.8 cm³/mol. The van der Waals surface area contributed by atoms with Crippen LogP contribution in [0.2, 0.25) is 0 Å². The van der Waals surface area contributed by atoms with Gasteiger partial charge in [-0.05, 0) is 19.8 Å². The topological polar surface area (TPSA) is 35.5 Å². The summed E-state index contributed by atoms with van der Waals surface area (Å²) in [5.41, 5.74) is 0. The van der Waals surface area contributed by atoms with Gasteiger partial charge in [0.25, 0.3) is 0 Å². The third kappa shape index (κ3) is 4.55. The summed E-state index contributed by atoms with van der Waals surface area (Å²) in [6.45, 7) is 2.64. The first-order chi connectivity index (χ1) is 7.27. The zero-order valence-corrected chi connectivity index (χ0v) is 8.99. The van der Waals surface area contributed by atoms with Crippen molar-refractivity contribution >= 4 is 5.97 Å². The Morgan fingerprint density at radius 1 is 1.53 bits per heavy atom. The highest BCUT2D eigenvalue weighted by molar-refractivity contribution is 5.82. The van der Waals surface area contributed by atoms with Crippen LogP contribution in [0.4, 0.5) is 0 Å². The van der Waals surface area contributed by atoms with Crippen molar-refractivity contribution in [3.8, 4) is 12.3 Å². The molecule has 15 heavy (non-hydrogen) atoms. The molecule has 1 fully saturated rings. The van der Waals surface area contributed by atoms with Crippen molar-refractivity contribution in [2.24, 2.45) is 5.92 Å². The van der Waals surface area contributed by atoms with Crippen LogP contribution in [0.3, 0.4) is 0 Å². The molecule has 1 aliphatic rings. The predicted octanol–water partition coefficient (Wildman–Crippen LogP) is 1.88. The Kier molecular flexibility index (Phi) is 4.76. The lowest BCUT2D eigenvalue weighted by Gasteiger charge is -2.07. The van der Waals surface area contributed by atoms with Crippen molar-refractivity contribution in [2.45, 2.75) is 26.2 Å². The monoisotopic (exact) mass is 208 g/mol. The number of esters is 1. The Bertz CT molecular complexity index is 282. The summed E-state index contributed by atoms with van der Waals surface area (Å²) in [5.74, 6) is 3.28. The van der Waals surface area contributed by atoms with E-state index in [1.165, 1.54) is 6.08 Å². The number of carbonyl (C=O) groups is 1. The second-order valence-electron chi connectivity index (χ2n) is 3.38. The minimum absolute atomic E-state index is 0.333. The van der Waals surface area contributed by atoms with E-state index < -0.39 is 0 Å². The van der Waals surface area contributed by atoms with E-state index in [9.17, 15) is 4.79 Å². The smallest absolute Gasteiger partial charge is 0.334 e. The van der Waals surface area contributed by atoms with Gasteiger partial charge < -0.3 is 9.47 Å². The Morgan fingerprint density at radius 3 is 2.80 bits per heavy atom. The van der Waals surface area contributed by atoms with Gasteiger partial charge in [-0.15, -0.1) is 12.3 Å². The highest BCUT2D eigenvalue weighted by Gasteiger charge is 2.28. The SMILES string of the molecule is C#CCCO/C(=C/C(=O)OCC)C1CC1. The highest BCUT2D eigenvalue weighted by Crippen LogP contribution is 2.37. The fourth-order valence-corrected chi connectivity index (χ4v) is 1.17. The highest BCUT2D eigenvalue weighted by atomic mass is 16.5. The summed E-state index contributed by atoms with van der Waals surface area (Å²) in [6, 6.07) is 0. The Balaban J connectivity index is 2.42. The van der Waals surface area contributed by atoms with Gasteiger partial charge in [0, 0.05) is 12.3 Å². The molecule has 0 unspecified atom stereocenters. The lowest BCUT2D eigenvalue weighted by atomic mass is 10.3. The van der Waals surface area contributed by atoms with Gasteiger partial charge >= 0.3 is 5.97 Å². The van der Waals surface area contributed by atoms with Crippen molar-refractivity contribution in [3.05, 3.63) is 11.8 Å². The molecule has 0 amide bonds. The van der Waals surface area contributed by atoms with Gasteiger partial charge in [-0.25, -0.2) is 4.79 Å². The van der Waals surface area contributed by atoms with Crippen molar-refractivity contribution in [2.75, 3.05) is 13.2 Å². The summed E-state index contributed by atoms with van der Waals surface area (Å²) in [7, 11) is 0. The molecular weight excluding hydrogens is 192 g/mol. The van der Waals surface area contributed by atoms with E-state index in [2.05, 4.69) is 5.92 Å². The number of ether oxygens (including phenoxy) is 2. The van der Waals surface area contributed by atoms with E-state index in [1.54, 1.807) is 6.92 Å². The quantitative estimate of drug-likeness (QED) is 0.220. The molecule has 0 N–H and O–H groups in total. The zero-order chi connectivity index (χ0) is 11.1. The van der Waals surface area contributed by atoms with E-state index in [0.29, 0.717) is 25.6 Å². The van der Waals surface area contributed by atoms with Gasteiger partial charge in [0.15, 0.2) is 0 Å². The number of terminal acetylenes is 1. The second kappa shape index (κ2) is 6.13. The molecular formula is C12H16O3. The standard InChI is InChI=1S/C12H16O3/c1-3-5-8-15-11(10-6-7-10)9-12(13)14-4-2/h1,9-10H,4-8H2,2H3/b11-9+. The lowest BCUT2D eigenvalue weighted by Crippen LogP contribution is -2.04. The number of allylic oxidation sites excluding steroid dienone is 1. The van der Waals surface area contributed by atoms with E-state index in [-0.39, 0.29) is 5.97 Å². The van der Waals surface area contributed by atoms with Crippen LogP contribution in [-0.2, 0) is 14.3 Å². The minimum atomic E-state index is -0.333. The average molecular weight is 208 g/mol. The van der Waals surface area contributed by atoms with Crippen LogP contribution in [0.5, 0.6) is 0 Å². The zero-order valence-electron chi connectivity index (χ0n) is 8.99. The summed E-state index contributed by atoms with van der Waals surface area (Å²) in [4.78, 5) is 11.2. The van der Waals surface area contributed by atoms with Gasteiger partial charge in [-0.1, -0.05) is 0 Å². The molecule has 0 radical (unpaired) electrons. The third-order valence-electron chi connectivity index (χ3n) is 2.04. The normalized spacial score (nSPS) is 15.6. The first-order valence-electron chi connectivity index (χ1n) is 5.22. The van der Waals surface area contributed by atoms with Gasteiger partial charge in [-0.3, -0.25) is 0 Å². The second-order valence-corrected chi connectivity index (χ2v) is 3.38. The first-order valence-corrected chi connectivity index (χ1v) is 5.22. The maximum atomic E-state index is 11.2. The fraction of sp³-hybridized carbons (Fsp3) is 0.583. The van der Waals surface area contributed by atoms with Crippen LogP contribution in [-0.4, -0.2) is 19.2 Å². The molecule has 1 aliphatic carbocycles. The van der Waals surface area contributed by atoms with Crippen molar-refractivity contribution in [1.29, 1.82) is 0 Å². The number of rotatable bonds is 6. The van der Waals surface area contributed by atoms with Gasteiger partial charge in [0.05, 0.1) is 19.3 Å². The number of carbonyl (C=O) groups excluding carboxylic acids is 1. The van der Waals surface area contributed by atoms with E-state index in [1.807, 2.05) is 0 Å². The molecule has 1 saturated carbocycles. The van der Waals surface area contributed by atoms with Crippen LogP contribution in [0, 0.1) is 18.3 Å². The number of hydrogen-bond acceptors (Lipinski definition) is 3. The van der Waals surface area contributed by atoms with Gasteiger partial charge in [0.1, 0.15) is 5.76 Å². The Labute approximate surface area is 90.4 Å². The molecule has 0 aromatic heterocycles. The summed E-state index contributed by atoms with van der Waals surface area (Å²) >= 11 is 0. The van der Waals surface area contributed by atoms with Crippen molar-refractivity contribution < 1.29 is 14.3 Å². The first kappa shape index (κ1) is 11.6. The molecule has 0 aromatic carbocycles. The molecule has 0 bridgehead atoms. The van der Waals surface area contributed by atoms with E-state index in [0.717, 1.165) is 18.6 Å². The summed E-state index contributed by atoms with van der Waals surface area (Å²) in [6.07, 6.45) is 9.29. The van der Waals surface area contributed by atoms with Crippen molar-refractivity contribution in [1.82, 2.24) is 0 Å².